The fourth-order valence-corrected chi connectivity index (χ4v) is 5.68. The lowest BCUT2D eigenvalue weighted by atomic mass is 10.1. The fraction of sp³-hybridized carbons (Fsp3) is 0.409. The van der Waals surface area contributed by atoms with Gasteiger partial charge in [0, 0.05) is 23.8 Å². The van der Waals surface area contributed by atoms with Gasteiger partial charge in [-0.15, -0.1) is 0 Å². The zero-order valence-corrected chi connectivity index (χ0v) is 17.2. The van der Waals surface area contributed by atoms with Crippen LogP contribution in [-0.2, 0) is 21.2 Å². The zero-order valence-electron chi connectivity index (χ0n) is 16.4. The van der Waals surface area contributed by atoms with Gasteiger partial charge in [0.25, 0.3) is 10.0 Å². The highest BCUT2D eigenvalue weighted by atomic mass is 32.2. The maximum atomic E-state index is 12.8. The Labute approximate surface area is 166 Å². The molecular formula is C22H26N2O3S. The van der Waals surface area contributed by atoms with Gasteiger partial charge in [0.15, 0.2) is 0 Å². The molecule has 0 aromatic heterocycles. The van der Waals surface area contributed by atoms with Crippen molar-refractivity contribution in [2.45, 2.75) is 50.8 Å². The molecule has 2 aliphatic rings. The molecule has 1 aliphatic heterocycles. The van der Waals surface area contributed by atoms with Gasteiger partial charge in [0.1, 0.15) is 0 Å². The molecule has 1 heterocycles. The topological polar surface area (TPSA) is 66.5 Å². The molecule has 1 aliphatic carbocycles. The molecule has 0 saturated heterocycles. The van der Waals surface area contributed by atoms with E-state index in [0.717, 1.165) is 54.5 Å². The second-order valence-corrected chi connectivity index (χ2v) is 9.59. The Kier molecular flexibility index (Phi) is 4.91. The van der Waals surface area contributed by atoms with E-state index in [1.807, 2.05) is 30.0 Å². The average molecular weight is 399 g/mol. The first-order valence-electron chi connectivity index (χ1n) is 9.89. The summed E-state index contributed by atoms with van der Waals surface area (Å²) in [7, 11) is -3.65. The molecule has 1 N–H and O–H groups in total. The summed E-state index contributed by atoms with van der Waals surface area (Å²) in [6.07, 6.45) is 5.00. The van der Waals surface area contributed by atoms with Crippen LogP contribution in [0.15, 0.2) is 41.3 Å². The molecule has 1 saturated carbocycles. The highest BCUT2D eigenvalue weighted by Gasteiger charge is 2.32. The van der Waals surface area contributed by atoms with Crippen molar-refractivity contribution in [2.24, 2.45) is 5.92 Å². The molecule has 2 aromatic carbocycles. The first kappa shape index (κ1) is 19.0. The number of aryl methyl sites for hydroxylation is 2. The predicted molar refractivity (Wildman–Crippen MR) is 111 cm³/mol. The van der Waals surface area contributed by atoms with Crippen molar-refractivity contribution in [1.29, 1.82) is 0 Å². The number of fused-ring (bicyclic) bond motifs is 1. The van der Waals surface area contributed by atoms with Gasteiger partial charge in [-0.25, -0.2) is 8.42 Å². The van der Waals surface area contributed by atoms with E-state index in [1.54, 1.807) is 25.1 Å². The van der Waals surface area contributed by atoms with E-state index in [9.17, 15) is 13.2 Å². The van der Waals surface area contributed by atoms with Crippen molar-refractivity contribution >= 4 is 27.3 Å². The third kappa shape index (κ3) is 3.53. The number of sulfonamides is 1. The molecule has 5 nitrogen and oxygen atoms in total. The molecule has 0 radical (unpaired) electrons. The van der Waals surface area contributed by atoms with Gasteiger partial charge in [-0.2, -0.15) is 0 Å². The molecule has 6 heteroatoms. The number of nitrogens with zero attached hydrogens (tertiary/aromatic N) is 1. The van der Waals surface area contributed by atoms with Crippen LogP contribution in [0, 0.1) is 19.8 Å². The first-order valence-corrected chi connectivity index (χ1v) is 11.4. The maximum Gasteiger partial charge on any atom is 0.262 e. The number of carbonyl (C=O) groups excluding carboxylic acids is 1. The molecule has 0 spiro atoms. The highest BCUT2D eigenvalue weighted by molar-refractivity contribution is 7.92. The third-order valence-corrected chi connectivity index (χ3v) is 7.36. The third-order valence-electron chi connectivity index (χ3n) is 5.82. The van der Waals surface area contributed by atoms with Gasteiger partial charge in [0.05, 0.1) is 4.90 Å². The van der Waals surface area contributed by atoms with Gasteiger partial charge in [-0.05, 0) is 68.5 Å². The van der Waals surface area contributed by atoms with E-state index in [1.165, 1.54) is 0 Å². The smallest absolute Gasteiger partial charge is 0.262 e. The monoisotopic (exact) mass is 398 g/mol. The number of hydrogen-bond donors (Lipinski definition) is 1. The summed E-state index contributed by atoms with van der Waals surface area (Å²) in [5, 5.41) is 0. The molecule has 1 amide bonds. The van der Waals surface area contributed by atoms with Crippen LogP contribution < -0.4 is 9.62 Å². The lowest BCUT2D eigenvalue weighted by Crippen LogP contribution is -2.33. The van der Waals surface area contributed by atoms with Crippen LogP contribution in [0.1, 0.15) is 42.4 Å². The van der Waals surface area contributed by atoms with Crippen LogP contribution in [0.25, 0.3) is 0 Å². The molecule has 0 unspecified atom stereocenters. The Morgan fingerprint density at radius 1 is 1.07 bits per heavy atom. The van der Waals surface area contributed by atoms with Crippen molar-refractivity contribution in [2.75, 3.05) is 16.2 Å². The van der Waals surface area contributed by atoms with Crippen molar-refractivity contribution < 1.29 is 13.2 Å². The molecule has 0 bridgehead atoms. The van der Waals surface area contributed by atoms with Gasteiger partial charge < -0.3 is 4.90 Å². The lowest BCUT2D eigenvalue weighted by Gasteiger charge is -2.21. The van der Waals surface area contributed by atoms with Crippen LogP contribution in [0.4, 0.5) is 11.4 Å². The van der Waals surface area contributed by atoms with Crippen LogP contribution in [-0.4, -0.2) is 20.9 Å². The number of nitrogens with one attached hydrogen (secondary N) is 1. The maximum absolute atomic E-state index is 12.8. The Hall–Kier alpha value is -2.34. The molecule has 148 valence electrons. The Morgan fingerprint density at radius 3 is 2.54 bits per heavy atom. The number of anilines is 2. The fourth-order valence-electron chi connectivity index (χ4n) is 4.40. The summed E-state index contributed by atoms with van der Waals surface area (Å²) >= 11 is 0. The van der Waals surface area contributed by atoms with Crippen molar-refractivity contribution in [3.8, 4) is 0 Å². The van der Waals surface area contributed by atoms with Crippen molar-refractivity contribution in [3.63, 3.8) is 0 Å². The van der Waals surface area contributed by atoms with Crippen LogP contribution >= 0.6 is 0 Å². The van der Waals surface area contributed by atoms with Crippen molar-refractivity contribution in [3.05, 3.63) is 53.1 Å². The first-order chi connectivity index (χ1) is 13.3. The number of hydrogen-bond acceptors (Lipinski definition) is 3. The van der Waals surface area contributed by atoms with E-state index < -0.39 is 10.0 Å². The zero-order chi connectivity index (χ0) is 19.9. The largest absolute Gasteiger partial charge is 0.312 e. The summed E-state index contributed by atoms with van der Waals surface area (Å²) in [5.74, 6) is 0.369. The van der Waals surface area contributed by atoms with E-state index in [4.69, 9.17) is 0 Å². The predicted octanol–water partition coefficient (Wildman–Crippen LogP) is 4.18. The van der Waals surface area contributed by atoms with E-state index in [0.29, 0.717) is 12.2 Å². The summed E-state index contributed by atoms with van der Waals surface area (Å²) in [6.45, 7) is 4.42. The van der Waals surface area contributed by atoms with Gasteiger partial charge in [-0.3, -0.25) is 9.52 Å². The number of benzene rings is 2. The summed E-state index contributed by atoms with van der Waals surface area (Å²) in [4.78, 5) is 15.0. The minimum absolute atomic E-state index is 0.147. The molecular weight excluding hydrogens is 372 g/mol. The second-order valence-electron chi connectivity index (χ2n) is 7.94. The standard InChI is InChI=1S/C22H26N2O3S/c1-15-7-10-21(16(2)13-15)28(26,27)23-19-8-9-20-18(14-19)11-12-24(20)22(25)17-5-3-4-6-17/h7-10,13-14,17,23H,3-6,11-12H2,1-2H3. The van der Waals surface area contributed by atoms with Crippen molar-refractivity contribution in [1.82, 2.24) is 0 Å². The summed E-state index contributed by atoms with van der Waals surface area (Å²) < 4.78 is 28.3. The minimum Gasteiger partial charge on any atom is -0.312 e. The molecule has 4 rings (SSSR count). The molecule has 2 aromatic rings. The van der Waals surface area contributed by atoms with Crippen LogP contribution in [0.5, 0.6) is 0 Å². The number of rotatable bonds is 4. The van der Waals surface area contributed by atoms with Gasteiger partial charge >= 0.3 is 0 Å². The molecule has 28 heavy (non-hydrogen) atoms. The van der Waals surface area contributed by atoms with Gasteiger partial charge in [0.2, 0.25) is 5.91 Å². The Bertz CT molecular complexity index is 1020. The highest BCUT2D eigenvalue weighted by Crippen LogP contribution is 2.35. The second kappa shape index (κ2) is 7.24. The van der Waals surface area contributed by atoms with E-state index in [-0.39, 0.29) is 16.7 Å². The Morgan fingerprint density at radius 2 is 1.82 bits per heavy atom. The molecule has 0 atom stereocenters. The normalized spacial score (nSPS) is 17.0. The van der Waals surface area contributed by atoms with E-state index >= 15 is 0 Å². The van der Waals surface area contributed by atoms with E-state index in [2.05, 4.69) is 4.72 Å². The van der Waals surface area contributed by atoms with Crippen LogP contribution in [0.2, 0.25) is 0 Å². The van der Waals surface area contributed by atoms with Crippen LogP contribution in [0.3, 0.4) is 0 Å². The quantitative estimate of drug-likeness (QED) is 0.840. The SMILES string of the molecule is Cc1ccc(S(=O)(=O)Nc2ccc3c(c2)CCN3C(=O)C2CCCC2)c(C)c1. The average Bonchev–Trinajstić information content (AvgIpc) is 3.30. The number of amides is 1. The molecule has 1 fully saturated rings. The summed E-state index contributed by atoms with van der Waals surface area (Å²) in [5.41, 5.74) is 4.23. The lowest BCUT2D eigenvalue weighted by molar-refractivity contribution is -0.122. The summed E-state index contributed by atoms with van der Waals surface area (Å²) in [6, 6.07) is 10.8. The minimum atomic E-state index is -3.65. The van der Waals surface area contributed by atoms with Gasteiger partial charge in [-0.1, -0.05) is 30.5 Å². The Balaban J connectivity index is 1.56. The number of carbonyl (C=O) groups is 1.